The van der Waals surface area contributed by atoms with Crippen LogP contribution >= 0.6 is 11.8 Å². The largest absolute Gasteiger partial charge is 0.453 e. The van der Waals surface area contributed by atoms with Gasteiger partial charge in [0.1, 0.15) is 0 Å². The molecule has 0 aliphatic carbocycles. The third-order valence-electron chi connectivity index (χ3n) is 3.65. The highest BCUT2D eigenvalue weighted by Gasteiger charge is 2.30. The van der Waals surface area contributed by atoms with Gasteiger partial charge in [-0.15, -0.1) is 11.8 Å². The SMILES string of the molecule is COC(=O)NC(=O)[C@@H](C)OC(=O)c1ccccc1S[C@H]1CCS(=O)(=O)C1. The van der Waals surface area contributed by atoms with E-state index in [1.54, 1.807) is 24.3 Å². The first-order valence-electron chi connectivity index (χ1n) is 7.77. The number of alkyl carbamates (subject to hydrolysis) is 1. The number of rotatable bonds is 5. The normalized spacial score (nSPS) is 19.4. The van der Waals surface area contributed by atoms with Gasteiger partial charge in [-0.25, -0.2) is 18.0 Å². The van der Waals surface area contributed by atoms with Gasteiger partial charge < -0.3 is 9.47 Å². The Balaban J connectivity index is 2.05. The van der Waals surface area contributed by atoms with E-state index < -0.39 is 33.9 Å². The quantitative estimate of drug-likeness (QED) is 0.736. The number of thioether (sulfide) groups is 1. The second-order valence-electron chi connectivity index (χ2n) is 5.67. The number of sulfone groups is 1. The molecule has 8 nitrogen and oxygen atoms in total. The summed E-state index contributed by atoms with van der Waals surface area (Å²) >= 11 is 1.30. The van der Waals surface area contributed by atoms with E-state index in [1.165, 1.54) is 18.7 Å². The lowest BCUT2D eigenvalue weighted by atomic mass is 10.2. The Morgan fingerprint density at radius 3 is 2.58 bits per heavy atom. The number of ether oxygens (including phenoxy) is 2. The first kappa shape index (κ1) is 20.2. The van der Waals surface area contributed by atoms with Gasteiger partial charge in [0.15, 0.2) is 15.9 Å². The standard InChI is InChI=1S/C16H19NO7S2/c1-10(14(18)17-16(20)23-2)24-15(19)12-5-3-4-6-13(12)25-11-7-8-26(21,22)9-11/h3-6,10-11H,7-9H2,1-2H3,(H,17,18,20)/t10-,11+/m1/s1. The molecule has 1 aromatic carbocycles. The summed E-state index contributed by atoms with van der Waals surface area (Å²) in [7, 11) is -1.92. The highest BCUT2D eigenvalue weighted by Crippen LogP contribution is 2.33. The Labute approximate surface area is 155 Å². The predicted molar refractivity (Wildman–Crippen MR) is 94.8 cm³/mol. The molecule has 1 aliphatic heterocycles. The van der Waals surface area contributed by atoms with Crippen molar-refractivity contribution < 1.29 is 32.3 Å². The Hall–Kier alpha value is -2.07. The summed E-state index contributed by atoms with van der Waals surface area (Å²) in [4.78, 5) is 35.8. The van der Waals surface area contributed by atoms with Crippen LogP contribution in [0.25, 0.3) is 0 Å². The zero-order valence-corrected chi connectivity index (χ0v) is 15.9. The highest BCUT2D eigenvalue weighted by atomic mass is 32.2. The summed E-state index contributed by atoms with van der Waals surface area (Å²) in [5.74, 6) is -1.33. The number of amides is 2. The summed E-state index contributed by atoms with van der Waals surface area (Å²) in [6.07, 6.45) is -1.63. The molecule has 0 radical (unpaired) electrons. The maximum atomic E-state index is 12.4. The number of methoxy groups -OCH3 is 1. The molecular weight excluding hydrogens is 382 g/mol. The molecule has 10 heteroatoms. The molecule has 0 unspecified atom stereocenters. The molecule has 1 aromatic rings. The van der Waals surface area contributed by atoms with Crippen LogP contribution < -0.4 is 5.32 Å². The number of nitrogens with one attached hydrogen (secondary N) is 1. The molecule has 0 spiro atoms. The van der Waals surface area contributed by atoms with Crippen molar-refractivity contribution in [3.8, 4) is 0 Å². The molecule has 0 bridgehead atoms. The maximum Gasteiger partial charge on any atom is 0.413 e. The van der Waals surface area contributed by atoms with Crippen molar-refractivity contribution in [2.45, 2.75) is 29.6 Å². The molecular formula is C16H19NO7S2. The number of hydrogen-bond donors (Lipinski definition) is 1. The zero-order valence-electron chi connectivity index (χ0n) is 14.3. The number of imide groups is 1. The predicted octanol–water partition coefficient (Wildman–Crippen LogP) is 1.39. The van der Waals surface area contributed by atoms with Crippen molar-refractivity contribution in [2.24, 2.45) is 0 Å². The van der Waals surface area contributed by atoms with E-state index >= 15 is 0 Å². The van der Waals surface area contributed by atoms with Crippen LogP contribution in [-0.4, -0.2) is 56.4 Å². The van der Waals surface area contributed by atoms with Gasteiger partial charge in [0.25, 0.3) is 5.91 Å². The fraction of sp³-hybridized carbons (Fsp3) is 0.438. The van der Waals surface area contributed by atoms with Gasteiger partial charge in [-0.05, 0) is 25.5 Å². The van der Waals surface area contributed by atoms with E-state index in [-0.39, 0.29) is 22.3 Å². The average molecular weight is 401 g/mol. The van der Waals surface area contributed by atoms with Crippen LogP contribution in [0.4, 0.5) is 4.79 Å². The highest BCUT2D eigenvalue weighted by molar-refractivity contribution is 8.02. The minimum absolute atomic E-state index is 0.0684. The Kier molecular flexibility index (Phi) is 6.65. The van der Waals surface area contributed by atoms with Crippen LogP contribution in [0.3, 0.4) is 0 Å². The second kappa shape index (κ2) is 8.54. The van der Waals surface area contributed by atoms with Crippen molar-refractivity contribution in [1.82, 2.24) is 5.32 Å². The average Bonchev–Trinajstić information content (AvgIpc) is 2.93. The molecule has 2 rings (SSSR count). The maximum absolute atomic E-state index is 12.4. The van der Waals surface area contributed by atoms with E-state index in [9.17, 15) is 22.8 Å². The molecule has 1 fully saturated rings. The summed E-state index contributed by atoms with van der Waals surface area (Å²) < 4.78 is 32.6. The summed E-state index contributed by atoms with van der Waals surface area (Å²) in [5.41, 5.74) is 0.236. The molecule has 2 atom stereocenters. The van der Waals surface area contributed by atoms with Gasteiger partial charge in [-0.2, -0.15) is 0 Å². The summed E-state index contributed by atoms with van der Waals surface area (Å²) in [5, 5.41) is 1.79. The van der Waals surface area contributed by atoms with Gasteiger partial charge in [0, 0.05) is 10.1 Å². The van der Waals surface area contributed by atoms with Gasteiger partial charge >= 0.3 is 12.1 Å². The van der Waals surface area contributed by atoms with E-state index in [4.69, 9.17) is 4.74 Å². The summed E-state index contributed by atoms with van der Waals surface area (Å²) in [6, 6.07) is 6.62. The van der Waals surface area contributed by atoms with Crippen molar-refractivity contribution in [3.05, 3.63) is 29.8 Å². The molecule has 1 saturated heterocycles. The second-order valence-corrected chi connectivity index (χ2v) is 9.24. The van der Waals surface area contributed by atoms with Gasteiger partial charge in [0.05, 0.1) is 24.2 Å². The van der Waals surface area contributed by atoms with Gasteiger partial charge in [-0.3, -0.25) is 10.1 Å². The van der Waals surface area contributed by atoms with Crippen LogP contribution in [0.5, 0.6) is 0 Å². The van der Waals surface area contributed by atoms with Crippen molar-refractivity contribution in [1.29, 1.82) is 0 Å². The molecule has 0 saturated carbocycles. The fourth-order valence-electron chi connectivity index (χ4n) is 2.30. The van der Waals surface area contributed by atoms with Gasteiger partial charge in [-0.1, -0.05) is 12.1 Å². The van der Waals surface area contributed by atoms with Crippen molar-refractivity contribution in [2.75, 3.05) is 18.6 Å². The van der Waals surface area contributed by atoms with Gasteiger partial charge in [0.2, 0.25) is 0 Å². The van der Waals surface area contributed by atoms with Crippen molar-refractivity contribution in [3.63, 3.8) is 0 Å². The molecule has 0 aromatic heterocycles. The van der Waals surface area contributed by atoms with E-state index in [0.29, 0.717) is 11.3 Å². The first-order chi connectivity index (χ1) is 12.2. The van der Waals surface area contributed by atoms with E-state index in [2.05, 4.69) is 4.74 Å². The van der Waals surface area contributed by atoms with Crippen molar-refractivity contribution >= 4 is 39.6 Å². The number of carbonyl (C=O) groups excluding carboxylic acids is 3. The molecule has 1 aliphatic rings. The Morgan fingerprint density at radius 2 is 1.96 bits per heavy atom. The number of esters is 1. The first-order valence-corrected chi connectivity index (χ1v) is 10.5. The number of carbonyl (C=O) groups is 3. The minimum atomic E-state index is -3.03. The number of hydrogen-bond acceptors (Lipinski definition) is 8. The zero-order chi connectivity index (χ0) is 19.3. The van der Waals surface area contributed by atoms with Crippen LogP contribution in [0.15, 0.2) is 29.2 Å². The number of benzene rings is 1. The third-order valence-corrected chi connectivity index (χ3v) is 6.98. The lowest BCUT2D eigenvalue weighted by Crippen LogP contribution is -2.39. The van der Waals surface area contributed by atoms with E-state index in [1.807, 2.05) is 5.32 Å². The van der Waals surface area contributed by atoms with Crippen LogP contribution in [0.1, 0.15) is 23.7 Å². The fourth-order valence-corrected chi connectivity index (χ4v) is 5.92. The van der Waals surface area contributed by atoms with Crippen LogP contribution in [0.2, 0.25) is 0 Å². The van der Waals surface area contributed by atoms with Crippen LogP contribution in [0, 0.1) is 0 Å². The topological polar surface area (TPSA) is 116 Å². The molecule has 1 N–H and O–H groups in total. The smallest absolute Gasteiger partial charge is 0.413 e. The Bertz CT molecular complexity index is 807. The minimum Gasteiger partial charge on any atom is -0.453 e. The molecule has 142 valence electrons. The molecule has 1 heterocycles. The van der Waals surface area contributed by atoms with Crippen LogP contribution in [-0.2, 0) is 24.1 Å². The molecule has 26 heavy (non-hydrogen) atoms. The monoisotopic (exact) mass is 401 g/mol. The summed E-state index contributed by atoms with van der Waals surface area (Å²) in [6.45, 7) is 1.33. The third kappa shape index (κ3) is 5.46. The lowest BCUT2D eigenvalue weighted by Gasteiger charge is -2.15. The Morgan fingerprint density at radius 1 is 1.27 bits per heavy atom. The van der Waals surface area contributed by atoms with E-state index in [0.717, 1.165) is 7.11 Å². The lowest BCUT2D eigenvalue weighted by molar-refractivity contribution is -0.128. The molecule has 2 amide bonds.